The summed E-state index contributed by atoms with van der Waals surface area (Å²) >= 11 is 3.61. The topological polar surface area (TPSA) is 101 Å². The van der Waals surface area contributed by atoms with Crippen LogP contribution in [0.15, 0.2) is 102 Å². The number of nitrogen functional groups attached to an aromatic ring is 1. The van der Waals surface area contributed by atoms with E-state index in [-0.39, 0.29) is 10.8 Å². The number of benzene rings is 4. The third-order valence-electron chi connectivity index (χ3n) is 5.66. The van der Waals surface area contributed by atoms with Gasteiger partial charge in [-0.15, -0.1) is 0 Å². The monoisotopic (exact) mass is 559 g/mol. The number of rotatable bonds is 6. The highest BCUT2D eigenvalue weighted by molar-refractivity contribution is 9.10. The Morgan fingerprint density at radius 2 is 1.50 bits per heavy atom. The van der Waals surface area contributed by atoms with Gasteiger partial charge in [0.05, 0.1) is 32.2 Å². The molecule has 0 aliphatic heterocycles. The van der Waals surface area contributed by atoms with Gasteiger partial charge in [-0.2, -0.15) is 4.98 Å². The van der Waals surface area contributed by atoms with Crippen LogP contribution in [-0.4, -0.2) is 18.4 Å². The molecule has 9 heteroatoms. The second kappa shape index (κ2) is 9.60. The lowest BCUT2D eigenvalue weighted by atomic mass is 10.0. The molecule has 0 fully saturated rings. The van der Waals surface area contributed by atoms with Crippen LogP contribution < -0.4 is 14.4 Å². The molecular formula is C27H22BrN5O2S. The maximum atomic E-state index is 12.7. The summed E-state index contributed by atoms with van der Waals surface area (Å²) in [5.41, 5.74) is 10.9. The molecule has 0 atom stereocenters. The summed E-state index contributed by atoms with van der Waals surface area (Å²) in [5, 5.41) is 0.812. The van der Waals surface area contributed by atoms with Gasteiger partial charge in [-0.3, -0.25) is 8.65 Å². The predicted octanol–water partition coefficient (Wildman–Crippen LogP) is 6.44. The van der Waals surface area contributed by atoms with Crippen molar-refractivity contribution in [3.05, 3.63) is 103 Å². The molecule has 0 saturated heterocycles. The number of fused-ring (bicyclic) bond motifs is 1. The molecule has 0 bridgehead atoms. The first-order chi connectivity index (χ1) is 17.3. The fraction of sp³-hybridized carbons (Fsp3) is 0.0370. The number of aryl methyl sites for hydroxylation is 1. The van der Waals surface area contributed by atoms with Gasteiger partial charge >= 0.3 is 0 Å². The minimum atomic E-state index is -3.67. The van der Waals surface area contributed by atoms with Crippen molar-refractivity contribution in [2.45, 2.75) is 11.8 Å². The Labute approximate surface area is 218 Å². The first-order valence-electron chi connectivity index (χ1n) is 11.1. The predicted molar refractivity (Wildman–Crippen MR) is 149 cm³/mol. The van der Waals surface area contributed by atoms with Crippen molar-refractivity contribution in [3.63, 3.8) is 0 Å². The lowest BCUT2D eigenvalue weighted by Crippen LogP contribution is -2.12. The van der Waals surface area contributed by atoms with Crippen LogP contribution in [0.5, 0.6) is 0 Å². The van der Waals surface area contributed by atoms with Gasteiger partial charge in [0, 0.05) is 11.1 Å². The van der Waals surface area contributed by atoms with Gasteiger partial charge < -0.3 is 5.73 Å². The highest BCUT2D eigenvalue weighted by Gasteiger charge is 2.16. The molecule has 1 aromatic heterocycles. The van der Waals surface area contributed by atoms with Crippen LogP contribution in [0.3, 0.4) is 0 Å². The minimum Gasteiger partial charge on any atom is -0.368 e. The Hall–Kier alpha value is -3.95. The molecule has 0 unspecified atom stereocenters. The molecule has 180 valence electrons. The summed E-state index contributed by atoms with van der Waals surface area (Å²) in [4.78, 5) is 9.07. The van der Waals surface area contributed by atoms with Crippen molar-refractivity contribution in [3.8, 4) is 11.1 Å². The average Bonchev–Trinajstić information content (AvgIpc) is 2.88. The minimum absolute atomic E-state index is 0.177. The summed E-state index contributed by atoms with van der Waals surface area (Å²) in [6.07, 6.45) is 0. The quantitative estimate of drug-likeness (QED) is 0.232. The van der Waals surface area contributed by atoms with Crippen LogP contribution in [0.2, 0.25) is 0 Å². The summed E-state index contributed by atoms with van der Waals surface area (Å²) in [6.45, 7) is 1.91. The molecule has 5 rings (SSSR count). The summed E-state index contributed by atoms with van der Waals surface area (Å²) in [7, 11) is -3.67. The molecule has 0 spiro atoms. The van der Waals surface area contributed by atoms with E-state index in [1.54, 1.807) is 40.3 Å². The van der Waals surface area contributed by atoms with E-state index in [1.807, 2.05) is 67.6 Å². The fourth-order valence-corrected chi connectivity index (χ4v) is 5.37. The molecule has 3 N–H and O–H groups in total. The fourth-order valence-electron chi connectivity index (χ4n) is 3.80. The molecule has 0 aliphatic carbocycles. The van der Waals surface area contributed by atoms with E-state index < -0.39 is 10.0 Å². The van der Waals surface area contributed by atoms with E-state index in [4.69, 9.17) is 5.73 Å². The molecule has 0 radical (unpaired) electrons. The molecule has 4 aromatic carbocycles. The Morgan fingerprint density at radius 3 is 2.19 bits per heavy atom. The van der Waals surface area contributed by atoms with Gasteiger partial charge in [0.2, 0.25) is 5.95 Å². The van der Waals surface area contributed by atoms with E-state index in [0.717, 1.165) is 27.8 Å². The molecule has 0 amide bonds. The Kier molecular flexibility index (Phi) is 6.34. The molecule has 0 saturated carbocycles. The lowest BCUT2D eigenvalue weighted by molar-refractivity contribution is 0.601. The van der Waals surface area contributed by atoms with Gasteiger partial charge in [0.15, 0.2) is 5.82 Å². The van der Waals surface area contributed by atoms with Gasteiger partial charge in [-0.25, -0.2) is 13.4 Å². The number of hydrogen-bond donors (Lipinski definition) is 2. The van der Waals surface area contributed by atoms with Gasteiger partial charge in [0.1, 0.15) is 0 Å². The lowest BCUT2D eigenvalue weighted by Gasteiger charge is -2.18. The number of anilines is 4. The summed E-state index contributed by atoms with van der Waals surface area (Å²) < 4.78 is 29.9. The third kappa shape index (κ3) is 4.89. The van der Waals surface area contributed by atoms with E-state index in [1.165, 1.54) is 0 Å². The van der Waals surface area contributed by atoms with E-state index in [9.17, 15) is 8.42 Å². The number of sulfonamides is 1. The number of nitrogens with two attached hydrogens (primary N) is 1. The molecule has 7 nitrogen and oxygen atoms in total. The van der Waals surface area contributed by atoms with Crippen LogP contribution in [0, 0.1) is 6.92 Å². The second-order valence-corrected chi connectivity index (χ2v) is 10.6. The number of aromatic nitrogens is 2. The molecule has 0 aliphatic rings. The normalized spacial score (nSPS) is 11.4. The maximum absolute atomic E-state index is 12.7. The third-order valence-corrected chi connectivity index (χ3v) is 7.81. The maximum Gasteiger partial charge on any atom is 0.261 e. The zero-order chi connectivity index (χ0) is 25.3. The van der Waals surface area contributed by atoms with Crippen LogP contribution in [0.25, 0.3) is 22.0 Å². The smallest absolute Gasteiger partial charge is 0.261 e. The zero-order valence-corrected chi connectivity index (χ0v) is 21.7. The van der Waals surface area contributed by atoms with E-state index in [0.29, 0.717) is 17.0 Å². The Bertz CT molecular complexity index is 1640. The van der Waals surface area contributed by atoms with Gasteiger partial charge in [0.25, 0.3) is 10.0 Å². The largest absolute Gasteiger partial charge is 0.368 e. The number of nitrogens with one attached hydrogen (secondary N) is 1. The van der Waals surface area contributed by atoms with Crippen molar-refractivity contribution in [1.29, 1.82) is 0 Å². The number of nitrogens with zero attached hydrogens (tertiary/aromatic N) is 3. The molecule has 36 heavy (non-hydrogen) atoms. The Balaban J connectivity index is 1.46. The van der Waals surface area contributed by atoms with Crippen molar-refractivity contribution in [2.24, 2.45) is 0 Å². The van der Waals surface area contributed by atoms with Crippen LogP contribution in [0.1, 0.15) is 5.56 Å². The second-order valence-electron chi connectivity index (χ2n) is 8.25. The number of hydrogen-bond acceptors (Lipinski definition) is 6. The van der Waals surface area contributed by atoms with Crippen LogP contribution in [-0.2, 0) is 10.0 Å². The van der Waals surface area contributed by atoms with Crippen molar-refractivity contribution < 1.29 is 8.42 Å². The Morgan fingerprint density at radius 1 is 0.833 bits per heavy atom. The van der Waals surface area contributed by atoms with Crippen molar-refractivity contribution in [1.82, 2.24) is 9.97 Å². The number of para-hydroxylation sites is 1. The van der Waals surface area contributed by atoms with Gasteiger partial charge in [-0.1, -0.05) is 54.1 Å². The van der Waals surface area contributed by atoms with Crippen LogP contribution >= 0.6 is 16.1 Å². The van der Waals surface area contributed by atoms with E-state index >= 15 is 0 Å². The van der Waals surface area contributed by atoms with Gasteiger partial charge in [-0.05, 0) is 66.6 Å². The van der Waals surface area contributed by atoms with E-state index in [2.05, 4.69) is 30.8 Å². The molecular weight excluding hydrogens is 538 g/mol. The van der Waals surface area contributed by atoms with Crippen molar-refractivity contribution in [2.75, 3.05) is 14.4 Å². The highest BCUT2D eigenvalue weighted by Crippen LogP contribution is 2.35. The summed E-state index contributed by atoms with van der Waals surface area (Å²) in [6, 6.07) is 29.5. The first kappa shape index (κ1) is 23.8. The zero-order valence-electron chi connectivity index (χ0n) is 19.3. The number of halogens is 1. The van der Waals surface area contributed by atoms with Crippen molar-refractivity contribution >= 4 is 60.2 Å². The standard InChI is InChI=1S/C27H22BrN5O2S/c1-18-7-14-23(15-8-18)36(34,35)32-21-12-9-19(10-13-21)20-11-16-25-24(17-20)26(31-27(29)30-25)33(28)22-5-3-2-4-6-22/h2-17,32H,1H3,(H2,29,30,31). The van der Waals surface area contributed by atoms with Crippen LogP contribution in [0.4, 0.5) is 23.1 Å². The molecule has 5 aromatic rings. The average molecular weight is 560 g/mol. The molecule has 1 heterocycles. The highest BCUT2D eigenvalue weighted by atomic mass is 79.9. The first-order valence-corrected chi connectivity index (χ1v) is 13.3. The summed E-state index contributed by atoms with van der Waals surface area (Å²) in [5.74, 6) is 0.795. The SMILES string of the molecule is Cc1ccc(S(=O)(=O)Nc2ccc(-c3ccc4nc(N)nc(N(Br)c5ccccc5)c4c3)cc2)cc1.